The Morgan fingerprint density at radius 3 is 2.90 bits per heavy atom. The van der Waals surface area contributed by atoms with Crippen molar-refractivity contribution in [2.75, 3.05) is 19.6 Å². The van der Waals surface area contributed by atoms with Crippen LogP contribution in [-0.2, 0) is 6.54 Å². The molecule has 2 aromatic rings. The maximum atomic E-state index is 5.72. The molecule has 21 heavy (non-hydrogen) atoms. The Kier molecular flexibility index (Phi) is 3.48. The fraction of sp³-hybridized carbons (Fsp3) is 0.556. The van der Waals surface area contributed by atoms with Crippen LogP contribution >= 0.6 is 0 Å². The minimum atomic E-state index is 0.384. The average molecular weight is 284 g/mol. The van der Waals surface area contributed by atoms with E-state index in [9.17, 15) is 0 Å². The highest BCUT2D eigenvalue weighted by Gasteiger charge is 2.39. The van der Waals surface area contributed by atoms with E-state index in [1.807, 2.05) is 12.3 Å². The van der Waals surface area contributed by atoms with Gasteiger partial charge in [0.2, 0.25) is 0 Å². The highest BCUT2D eigenvalue weighted by molar-refractivity contribution is 5.80. The minimum absolute atomic E-state index is 0.384. The molecule has 0 unspecified atom stereocenters. The molecule has 3 heteroatoms. The molecule has 0 atom stereocenters. The summed E-state index contributed by atoms with van der Waals surface area (Å²) >= 11 is 0. The molecular weight excluding hydrogens is 260 g/mol. The van der Waals surface area contributed by atoms with Crippen molar-refractivity contribution in [2.45, 2.75) is 44.2 Å². The summed E-state index contributed by atoms with van der Waals surface area (Å²) in [7, 11) is 0. The smallest absolute Gasteiger partial charge is 0.134 e. The monoisotopic (exact) mass is 284 g/mol. The highest BCUT2D eigenvalue weighted by atomic mass is 16.3. The van der Waals surface area contributed by atoms with Crippen LogP contribution in [0.3, 0.4) is 0 Å². The predicted octanol–water partition coefficient (Wildman–Crippen LogP) is 3.54. The van der Waals surface area contributed by atoms with Gasteiger partial charge in [-0.3, -0.25) is 4.90 Å². The Morgan fingerprint density at radius 2 is 2.00 bits per heavy atom. The summed E-state index contributed by atoms with van der Waals surface area (Å²) in [5.74, 6) is 0. The van der Waals surface area contributed by atoms with Crippen molar-refractivity contribution in [2.24, 2.45) is 0 Å². The maximum Gasteiger partial charge on any atom is 0.134 e. The van der Waals surface area contributed by atoms with Gasteiger partial charge < -0.3 is 9.73 Å². The SMILES string of the molecule is c1ccc2c(CN3CCNCC34CCCCC4)coc2c1. The van der Waals surface area contributed by atoms with Crippen LogP contribution < -0.4 is 5.32 Å². The molecule has 0 radical (unpaired) electrons. The largest absolute Gasteiger partial charge is 0.464 e. The van der Waals surface area contributed by atoms with Crippen LogP contribution in [0.25, 0.3) is 11.0 Å². The lowest BCUT2D eigenvalue weighted by Gasteiger charge is -2.50. The third-order valence-corrected chi connectivity index (χ3v) is 5.39. The molecule has 0 bridgehead atoms. The predicted molar refractivity (Wildman–Crippen MR) is 85.3 cm³/mol. The zero-order chi connectivity index (χ0) is 14.1. The standard InChI is InChI=1S/C18H24N2O/c1-4-8-18(9-5-1)14-19-10-11-20(18)12-15-13-21-17-7-3-2-6-16(15)17/h2-3,6-7,13,19H,1,4-5,8-12,14H2. The normalized spacial score (nSPS) is 22.9. The molecule has 2 fully saturated rings. The van der Waals surface area contributed by atoms with E-state index in [1.54, 1.807) is 0 Å². The number of nitrogens with one attached hydrogen (secondary N) is 1. The van der Waals surface area contributed by atoms with Gasteiger partial charge >= 0.3 is 0 Å². The molecule has 1 aliphatic carbocycles. The van der Waals surface area contributed by atoms with Crippen LogP contribution in [0.1, 0.15) is 37.7 Å². The van der Waals surface area contributed by atoms with Gasteiger partial charge in [0.05, 0.1) is 6.26 Å². The van der Waals surface area contributed by atoms with Crippen LogP contribution in [-0.4, -0.2) is 30.1 Å². The summed E-state index contributed by atoms with van der Waals surface area (Å²) < 4.78 is 5.72. The van der Waals surface area contributed by atoms with E-state index in [4.69, 9.17) is 4.42 Å². The number of hydrogen-bond donors (Lipinski definition) is 1. The van der Waals surface area contributed by atoms with Gasteiger partial charge in [-0.25, -0.2) is 0 Å². The van der Waals surface area contributed by atoms with Gasteiger partial charge in [0.1, 0.15) is 5.58 Å². The molecular formula is C18H24N2O. The van der Waals surface area contributed by atoms with Crippen LogP contribution in [0.5, 0.6) is 0 Å². The second-order valence-electron chi connectivity index (χ2n) is 6.64. The van der Waals surface area contributed by atoms with Crippen molar-refractivity contribution in [3.05, 3.63) is 36.1 Å². The Balaban J connectivity index is 1.62. The molecule has 1 saturated carbocycles. The average Bonchev–Trinajstić information content (AvgIpc) is 2.94. The van der Waals surface area contributed by atoms with Gasteiger partial charge in [0.15, 0.2) is 0 Å². The Bertz CT molecular complexity index is 604. The van der Waals surface area contributed by atoms with Gasteiger partial charge in [-0.15, -0.1) is 0 Å². The first-order valence-corrected chi connectivity index (χ1v) is 8.28. The van der Waals surface area contributed by atoms with E-state index < -0.39 is 0 Å². The van der Waals surface area contributed by atoms with Crippen LogP contribution in [0.4, 0.5) is 0 Å². The van der Waals surface area contributed by atoms with E-state index in [1.165, 1.54) is 43.1 Å². The summed E-state index contributed by atoms with van der Waals surface area (Å²) in [6, 6.07) is 8.40. The van der Waals surface area contributed by atoms with Crippen molar-refractivity contribution in [3.63, 3.8) is 0 Å². The zero-order valence-electron chi connectivity index (χ0n) is 12.6. The molecule has 2 heterocycles. The lowest BCUT2D eigenvalue weighted by atomic mass is 9.79. The van der Waals surface area contributed by atoms with Crippen molar-refractivity contribution >= 4 is 11.0 Å². The molecule has 1 aromatic carbocycles. The first-order chi connectivity index (χ1) is 10.4. The van der Waals surface area contributed by atoms with Crippen molar-refractivity contribution in [1.29, 1.82) is 0 Å². The molecule has 112 valence electrons. The third-order valence-electron chi connectivity index (χ3n) is 5.39. The van der Waals surface area contributed by atoms with Gasteiger partial charge in [0, 0.05) is 42.7 Å². The number of benzene rings is 1. The fourth-order valence-corrected chi connectivity index (χ4v) is 4.19. The number of piperazine rings is 1. The quantitative estimate of drug-likeness (QED) is 0.914. The number of furan rings is 1. The van der Waals surface area contributed by atoms with Crippen molar-refractivity contribution in [1.82, 2.24) is 10.2 Å². The summed E-state index contributed by atoms with van der Waals surface area (Å²) in [6.07, 6.45) is 8.81. The Morgan fingerprint density at radius 1 is 1.14 bits per heavy atom. The number of hydrogen-bond acceptors (Lipinski definition) is 3. The molecule has 4 rings (SSSR count). The summed E-state index contributed by atoms with van der Waals surface area (Å²) in [5.41, 5.74) is 2.74. The molecule has 3 nitrogen and oxygen atoms in total. The van der Waals surface area contributed by atoms with E-state index in [0.29, 0.717) is 5.54 Å². The second-order valence-corrected chi connectivity index (χ2v) is 6.64. The maximum absolute atomic E-state index is 5.72. The minimum Gasteiger partial charge on any atom is -0.464 e. The number of fused-ring (bicyclic) bond motifs is 1. The summed E-state index contributed by atoms with van der Waals surface area (Å²) in [5, 5.41) is 4.91. The third kappa shape index (κ3) is 2.39. The number of rotatable bonds is 2. The van der Waals surface area contributed by atoms with Crippen molar-refractivity contribution < 1.29 is 4.42 Å². The lowest BCUT2D eigenvalue weighted by molar-refractivity contribution is 0.0210. The first-order valence-electron chi connectivity index (χ1n) is 8.28. The number of para-hydroxylation sites is 1. The number of nitrogens with zero attached hydrogens (tertiary/aromatic N) is 1. The van der Waals surface area contributed by atoms with E-state index >= 15 is 0 Å². The lowest BCUT2D eigenvalue weighted by Crippen LogP contribution is -2.61. The van der Waals surface area contributed by atoms with Gasteiger partial charge in [0.25, 0.3) is 0 Å². The topological polar surface area (TPSA) is 28.4 Å². The molecule has 1 spiro atoms. The Labute approximate surface area is 126 Å². The van der Waals surface area contributed by atoms with Gasteiger partial charge in [-0.2, -0.15) is 0 Å². The summed E-state index contributed by atoms with van der Waals surface area (Å²) in [6.45, 7) is 4.44. The Hall–Kier alpha value is -1.32. The summed E-state index contributed by atoms with van der Waals surface area (Å²) in [4.78, 5) is 2.72. The molecule has 1 N–H and O–H groups in total. The van der Waals surface area contributed by atoms with Crippen molar-refractivity contribution in [3.8, 4) is 0 Å². The van der Waals surface area contributed by atoms with E-state index in [0.717, 1.165) is 31.8 Å². The van der Waals surface area contributed by atoms with Crippen LogP contribution in [0.2, 0.25) is 0 Å². The zero-order valence-corrected chi connectivity index (χ0v) is 12.6. The van der Waals surface area contributed by atoms with Gasteiger partial charge in [-0.05, 0) is 18.9 Å². The molecule has 2 aliphatic rings. The van der Waals surface area contributed by atoms with Gasteiger partial charge in [-0.1, -0.05) is 37.5 Å². The molecule has 1 aliphatic heterocycles. The van der Waals surface area contributed by atoms with E-state index in [-0.39, 0.29) is 0 Å². The highest BCUT2D eigenvalue weighted by Crippen LogP contribution is 2.36. The van der Waals surface area contributed by atoms with Crippen LogP contribution in [0, 0.1) is 0 Å². The van der Waals surface area contributed by atoms with E-state index in [2.05, 4.69) is 28.4 Å². The van der Waals surface area contributed by atoms with Crippen LogP contribution in [0.15, 0.2) is 34.9 Å². The molecule has 1 aromatic heterocycles. The molecule has 0 amide bonds. The first kappa shape index (κ1) is 13.4. The fourth-order valence-electron chi connectivity index (χ4n) is 4.19. The molecule has 1 saturated heterocycles. The second kappa shape index (κ2) is 5.47.